The average Bonchev–Trinajstić information content (AvgIpc) is 2.71. The molecular formula is C14H23ClS. The molecule has 0 fully saturated rings. The van der Waals surface area contributed by atoms with E-state index < -0.39 is 0 Å². The number of hydrogen-bond donors (Lipinski definition) is 0. The summed E-state index contributed by atoms with van der Waals surface area (Å²) in [4.78, 5) is 1.46. The molecule has 16 heavy (non-hydrogen) atoms. The van der Waals surface area contributed by atoms with Gasteiger partial charge in [-0.05, 0) is 25.0 Å². The third-order valence-corrected chi connectivity index (χ3v) is 5.07. The van der Waals surface area contributed by atoms with Crippen molar-refractivity contribution in [3.05, 3.63) is 21.3 Å². The number of hydrogen-bond acceptors (Lipinski definition) is 1. The summed E-state index contributed by atoms with van der Waals surface area (Å²) in [5, 5.41) is 0. The maximum Gasteiger partial charge on any atom is 0.0931 e. The minimum atomic E-state index is 0.339. The lowest BCUT2D eigenvalue weighted by Crippen LogP contribution is -2.19. The summed E-state index contributed by atoms with van der Waals surface area (Å²) in [6.07, 6.45) is 7.88. The van der Waals surface area contributed by atoms with E-state index in [0.717, 1.165) is 4.34 Å². The minimum absolute atomic E-state index is 0.339. The quantitative estimate of drug-likeness (QED) is 0.523. The zero-order chi connectivity index (χ0) is 12.0. The van der Waals surface area contributed by atoms with Crippen molar-refractivity contribution in [2.75, 3.05) is 0 Å². The molecule has 0 nitrogen and oxygen atoms in total. The van der Waals surface area contributed by atoms with Crippen LogP contribution < -0.4 is 0 Å². The number of halogens is 1. The molecule has 1 rings (SSSR count). The van der Waals surface area contributed by atoms with Crippen molar-refractivity contribution in [2.24, 2.45) is 0 Å². The highest BCUT2D eigenvalue weighted by Gasteiger charge is 2.25. The molecule has 0 amide bonds. The van der Waals surface area contributed by atoms with Crippen molar-refractivity contribution in [3.8, 4) is 0 Å². The molecule has 0 saturated heterocycles. The Bertz CT molecular complexity index is 305. The van der Waals surface area contributed by atoms with Crippen LogP contribution >= 0.6 is 22.9 Å². The Hall–Kier alpha value is -0.0100. The van der Waals surface area contributed by atoms with E-state index in [1.165, 1.54) is 43.4 Å². The predicted molar refractivity (Wildman–Crippen MR) is 75.7 cm³/mol. The highest BCUT2D eigenvalue weighted by molar-refractivity contribution is 7.16. The molecular weight excluding hydrogens is 236 g/mol. The summed E-state index contributed by atoms with van der Waals surface area (Å²) in [6, 6.07) is 4.23. The molecule has 1 aromatic heterocycles. The van der Waals surface area contributed by atoms with E-state index in [1.54, 1.807) is 11.3 Å². The van der Waals surface area contributed by atoms with Gasteiger partial charge < -0.3 is 0 Å². The monoisotopic (exact) mass is 258 g/mol. The van der Waals surface area contributed by atoms with Gasteiger partial charge in [-0.1, -0.05) is 58.1 Å². The van der Waals surface area contributed by atoms with Crippen LogP contribution in [0.2, 0.25) is 4.34 Å². The fourth-order valence-corrected chi connectivity index (χ4v) is 3.34. The molecule has 92 valence electrons. The van der Waals surface area contributed by atoms with Gasteiger partial charge in [-0.15, -0.1) is 11.3 Å². The van der Waals surface area contributed by atoms with Crippen LogP contribution in [0.15, 0.2) is 12.1 Å². The van der Waals surface area contributed by atoms with E-state index >= 15 is 0 Å². The molecule has 0 spiro atoms. The Balaban J connectivity index is 2.56. The fraction of sp³-hybridized carbons (Fsp3) is 0.714. The van der Waals surface area contributed by atoms with Crippen molar-refractivity contribution in [2.45, 2.75) is 64.7 Å². The topological polar surface area (TPSA) is 0 Å². The van der Waals surface area contributed by atoms with Gasteiger partial charge in [0, 0.05) is 10.3 Å². The van der Waals surface area contributed by atoms with Crippen LogP contribution in [0.4, 0.5) is 0 Å². The highest BCUT2D eigenvalue weighted by atomic mass is 35.5. The summed E-state index contributed by atoms with van der Waals surface area (Å²) >= 11 is 7.77. The standard InChI is InChI=1S/C14H23ClS/c1-4-6-7-8-11-14(3,5-2)12-9-10-13(15)16-12/h9-10H,4-8,11H2,1-3H3. The van der Waals surface area contributed by atoms with Gasteiger partial charge in [-0.3, -0.25) is 0 Å². The molecule has 0 radical (unpaired) electrons. The van der Waals surface area contributed by atoms with E-state index in [1.807, 2.05) is 6.07 Å². The van der Waals surface area contributed by atoms with Crippen LogP contribution in [0.1, 0.15) is 64.2 Å². The van der Waals surface area contributed by atoms with Gasteiger partial charge in [0.25, 0.3) is 0 Å². The molecule has 0 aliphatic rings. The number of rotatable bonds is 7. The molecule has 1 heterocycles. The number of unbranched alkanes of at least 4 members (excludes halogenated alkanes) is 3. The molecule has 1 atom stereocenters. The fourth-order valence-electron chi connectivity index (χ4n) is 2.05. The van der Waals surface area contributed by atoms with E-state index in [4.69, 9.17) is 11.6 Å². The van der Waals surface area contributed by atoms with Crippen molar-refractivity contribution in [1.82, 2.24) is 0 Å². The second kappa shape index (κ2) is 6.66. The first-order chi connectivity index (χ1) is 7.62. The lowest BCUT2D eigenvalue weighted by molar-refractivity contribution is 0.403. The summed E-state index contributed by atoms with van der Waals surface area (Å²) in [5.74, 6) is 0. The smallest absolute Gasteiger partial charge is 0.0931 e. The molecule has 0 saturated carbocycles. The zero-order valence-corrected chi connectivity index (χ0v) is 12.3. The Labute approximate surface area is 109 Å². The van der Waals surface area contributed by atoms with Gasteiger partial charge in [-0.25, -0.2) is 0 Å². The lowest BCUT2D eigenvalue weighted by Gasteiger charge is -2.27. The van der Waals surface area contributed by atoms with Gasteiger partial charge >= 0.3 is 0 Å². The van der Waals surface area contributed by atoms with Crippen molar-refractivity contribution >= 4 is 22.9 Å². The van der Waals surface area contributed by atoms with Crippen LogP contribution in [0.5, 0.6) is 0 Å². The van der Waals surface area contributed by atoms with Crippen LogP contribution in [0.25, 0.3) is 0 Å². The summed E-state index contributed by atoms with van der Waals surface area (Å²) in [7, 11) is 0. The first kappa shape index (κ1) is 14.1. The van der Waals surface area contributed by atoms with E-state index in [0.29, 0.717) is 5.41 Å². The maximum atomic E-state index is 6.03. The van der Waals surface area contributed by atoms with Crippen molar-refractivity contribution < 1.29 is 0 Å². The lowest BCUT2D eigenvalue weighted by atomic mass is 9.81. The average molecular weight is 259 g/mol. The first-order valence-electron chi connectivity index (χ1n) is 6.38. The Morgan fingerprint density at radius 1 is 1.19 bits per heavy atom. The second-order valence-electron chi connectivity index (χ2n) is 4.83. The molecule has 0 aromatic carbocycles. The first-order valence-corrected chi connectivity index (χ1v) is 7.57. The van der Waals surface area contributed by atoms with Crippen molar-refractivity contribution in [3.63, 3.8) is 0 Å². The molecule has 2 heteroatoms. The molecule has 0 aliphatic carbocycles. The van der Waals surface area contributed by atoms with Crippen molar-refractivity contribution in [1.29, 1.82) is 0 Å². The molecule has 1 aromatic rings. The Morgan fingerprint density at radius 2 is 1.94 bits per heavy atom. The van der Waals surface area contributed by atoms with Crippen LogP contribution in [-0.2, 0) is 5.41 Å². The Kier molecular flexibility index (Phi) is 5.85. The van der Waals surface area contributed by atoms with Gasteiger partial charge in [0.15, 0.2) is 0 Å². The summed E-state index contributed by atoms with van der Waals surface area (Å²) in [5.41, 5.74) is 0.339. The molecule has 1 unspecified atom stereocenters. The minimum Gasteiger partial charge on any atom is -0.128 e. The zero-order valence-electron chi connectivity index (χ0n) is 10.7. The van der Waals surface area contributed by atoms with Gasteiger partial charge in [0.2, 0.25) is 0 Å². The van der Waals surface area contributed by atoms with Gasteiger partial charge in [0.1, 0.15) is 0 Å². The number of thiophene rings is 1. The normalized spacial score (nSPS) is 15.0. The maximum absolute atomic E-state index is 6.03. The van der Waals surface area contributed by atoms with E-state index in [-0.39, 0.29) is 0 Å². The SMILES string of the molecule is CCCCCCC(C)(CC)c1ccc(Cl)s1. The predicted octanol–water partition coefficient (Wildman–Crippen LogP) is 6.04. The summed E-state index contributed by atoms with van der Waals surface area (Å²) < 4.78 is 0.920. The summed E-state index contributed by atoms with van der Waals surface area (Å²) in [6.45, 7) is 6.92. The van der Waals surface area contributed by atoms with Crippen LogP contribution in [0, 0.1) is 0 Å². The largest absolute Gasteiger partial charge is 0.128 e. The van der Waals surface area contributed by atoms with Gasteiger partial charge in [0.05, 0.1) is 4.34 Å². The van der Waals surface area contributed by atoms with Crippen LogP contribution in [0.3, 0.4) is 0 Å². The molecule has 0 N–H and O–H groups in total. The molecule has 0 aliphatic heterocycles. The van der Waals surface area contributed by atoms with Gasteiger partial charge in [-0.2, -0.15) is 0 Å². The highest BCUT2D eigenvalue weighted by Crippen LogP contribution is 2.38. The molecule has 0 bridgehead atoms. The Morgan fingerprint density at radius 3 is 2.44 bits per heavy atom. The second-order valence-corrected chi connectivity index (χ2v) is 6.54. The third kappa shape index (κ3) is 3.78. The third-order valence-electron chi connectivity index (χ3n) is 3.53. The van der Waals surface area contributed by atoms with Crippen LogP contribution in [-0.4, -0.2) is 0 Å². The van der Waals surface area contributed by atoms with E-state index in [9.17, 15) is 0 Å². The van der Waals surface area contributed by atoms with E-state index in [2.05, 4.69) is 26.8 Å².